The average Bonchev–Trinajstić information content (AvgIpc) is 2.98. The van der Waals surface area contributed by atoms with Gasteiger partial charge in [-0.05, 0) is 67.0 Å². The lowest BCUT2D eigenvalue weighted by Crippen LogP contribution is -2.29. The molecule has 0 radical (unpaired) electrons. The van der Waals surface area contributed by atoms with E-state index in [1.54, 1.807) is 12.1 Å². The number of anilines is 2. The molecule has 0 spiro atoms. The number of nitrogens with one attached hydrogen (secondary N) is 1. The molecule has 2 aromatic carbocycles. The number of para-hydroxylation sites is 2. The minimum absolute atomic E-state index is 0.238. The Bertz CT molecular complexity index is 1020. The predicted octanol–water partition coefficient (Wildman–Crippen LogP) is 7.07. The second-order valence-corrected chi connectivity index (χ2v) is 9.06. The molecule has 0 bridgehead atoms. The molecule has 0 aliphatic heterocycles. The summed E-state index contributed by atoms with van der Waals surface area (Å²) in [5.41, 5.74) is 2.85. The van der Waals surface area contributed by atoms with E-state index in [4.69, 9.17) is 4.98 Å². The van der Waals surface area contributed by atoms with Crippen molar-refractivity contribution in [2.24, 2.45) is 11.3 Å². The van der Waals surface area contributed by atoms with Crippen molar-refractivity contribution in [3.8, 4) is 5.75 Å². The molecule has 1 aliphatic carbocycles. The van der Waals surface area contributed by atoms with Gasteiger partial charge in [0.1, 0.15) is 5.75 Å². The summed E-state index contributed by atoms with van der Waals surface area (Å²) in [6.07, 6.45) is -1.39. The van der Waals surface area contributed by atoms with E-state index in [2.05, 4.69) is 41.5 Å². The second-order valence-electron chi connectivity index (χ2n) is 9.06. The van der Waals surface area contributed by atoms with Gasteiger partial charge in [-0.3, -0.25) is 0 Å². The molecule has 3 aromatic rings. The number of alkyl halides is 3. The van der Waals surface area contributed by atoms with Crippen LogP contribution >= 0.6 is 0 Å². The number of imidazole rings is 1. The van der Waals surface area contributed by atoms with E-state index in [0.29, 0.717) is 23.6 Å². The molecule has 1 saturated carbocycles. The largest absolute Gasteiger partial charge is 0.573 e. The van der Waals surface area contributed by atoms with Gasteiger partial charge in [0.05, 0.1) is 11.0 Å². The second kappa shape index (κ2) is 7.52. The highest BCUT2D eigenvalue weighted by Gasteiger charge is 2.34. The molecule has 160 valence electrons. The van der Waals surface area contributed by atoms with Gasteiger partial charge < -0.3 is 14.6 Å². The van der Waals surface area contributed by atoms with E-state index >= 15 is 0 Å². The molecule has 0 amide bonds. The van der Waals surface area contributed by atoms with Crippen molar-refractivity contribution in [1.29, 1.82) is 0 Å². The van der Waals surface area contributed by atoms with Gasteiger partial charge in [-0.2, -0.15) is 0 Å². The van der Waals surface area contributed by atoms with Crippen LogP contribution in [-0.4, -0.2) is 15.9 Å². The van der Waals surface area contributed by atoms with Gasteiger partial charge in [0.2, 0.25) is 5.95 Å². The number of ether oxygens (including phenoxy) is 1. The van der Waals surface area contributed by atoms with Crippen molar-refractivity contribution in [2.75, 3.05) is 5.32 Å². The molecule has 1 fully saturated rings. The average molecular weight is 417 g/mol. The van der Waals surface area contributed by atoms with Gasteiger partial charge in [-0.25, -0.2) is 4.98 Å². The number of nitrogens with zero attached hydrogens (tertiary/aromatic N) is 2. The Hall–Kier alpha value is -2.70. The molecule has 1 N–H and O–H groups in total. The molecule has 1 heterocycles. The van der Waals surface area contributed by atoms with Gasteiger partial charge in [-0.1, -0.05) is 32.9 Å². The third kappa shape index (κ3) is 4.55. The van der Waals surface area contributed by atoms with E-state index in [9.17, 15) is 13.2 Å². The Kier molecular flexibility index (Phi) is 5.16. The molecule has 1 aliphatic rings. The van der Waals surface area contributed by atoms with Crippen LogP contribution < -0.4 is 10.1 Å². The number of hydrogen-bond acceptors (Lipinski definition) is 3. The lowest BCUT2D eigenvalue weighted by Gasteiger charge is -2.40. The molecule has 2 atom stereocenters. The maximum absolute atomic E-state index is 12.4. The summed E-state index contributed by atoms with van der Waals surface area (Å²) in [6.45, 7) is 6.90. The van der Waals surface area contributed by atoms with Gasteiger partial charge in [0.15, 0.2) is 0 Å². The zero-order valence-electron chi connectivity index (χ0n) is 17.3. The highest BCUT2D eigenvalue weighted by Crippen LogP contribution is 2.46. The summed E-state index contributed by atoms with van der Waals surface area (Å²) >= 11 is 0. The zero-order valence-corrected chi connectivity index (χ0v) is 17.3. The molecular weight excluding hydrogens is 391 g/mol. The van der Waals surface area contributed by atoms with Crippen LogP contribution in [0.5, 0.6) is 5.75 Å². The maximum Gasteiger partial charge on any atom is 0.573 e. The SMILES string of the molecule is CC1CC(n2c(Nc3ccc(OC(F)(F)F)cc3)nc3ccccc32)CC(C)(C)C1. The number of fused-ring (bicyclic) bond motifs is 1. The van der Waals surface area contributed by atoms with Crippen LogP contribution in [-0.2, 0) is 0 Å². The third-order valence-electron chi connectivity index (χ3n) is 5.67. The maximum atomic E-state index is 12.4. The molecule has 4 rings (SSSR count). The topological polar surface area (TPSA) is 39.1 Å². The first-order valence-electron chi connectivity index (χ1n) is 10.2. The summed E-state index contributed by atoms with van der Waals surface area (Å²) < 4.78 is 43.4. The van der Waals surface area contributed by atoms with Crippen molar-refractivity contribution < 1.29 is 17.9 Å². The van der Waals surface area contributed by atoms with Crippen LogP contribution in [0, 0.1) is 11.3 Å². The summed E-state index contributed by atoms with van der Waals surface area (Å²) in [5.74, 6) is 1.06. The Morgan fingerprint density at radius 2 is 1.77 bits per heavy atom. The third-order valence-corrected chi connectivity index (χ3v) is 5.67. The molecule has 2 unspecified atom stereocenters. The zero-order chi connectivity index (χ0) is 21.5. The summed E-state index contributed by atoms with van der Waals surface area (Å²) in [5, 5.41) is 3.31. The Labute approximate surface area is 174 Å². The quantitative estimate of drug-likeness (QED) is 0.494. The highest BCUT2D eigenvalue weighted by atomic mass is 19.4. The van der Waals surface area contributed by atoms with E-state index in [1.165, 1.54) is 18.6 Å². The summed E-state index contributed by atoms with van der Waals surface area (Å²) in [6, 6.07) is 14.0. The molecule has 7 heteroatoms. The number of hydrogen-bond donors (Lipinski definition) is 1. The molecule has 30 heavy (non-hydrogen) atoms. The van der Waals surface area contributed by atoms with E-state index < -0.39 is 6.36 Å². The van der Waals surface area contributed by atoms with Gasteiger partial charge in [0.25, 0.3) is 0 Å². The van der Waals surface area contributed by atoms with Crippen molar-refractivity contribution in [2.45, 2.75) is 52.4 Å². The number of rotatable bonds is 4. The van der Waals surface area contributed by atoms with Crippen LogP contribution in [0.25, 0.3) is 11.0 Å². The van der Waals surface area contributed by atoms with Crippen molar-refractivity contribution in [1.82, 2.24) is 9.55 Å². The van der Waals surface area contributed by atoms with E-state index in [0.717, 1.165) is 23.9 Å². The Morgan fingerprint density at radius 3 is 2.43 bits per heavy atom. The highest BCUT2D eigenvalue weighted by molar-refractivity contribution is 5.80. The van der Waals surface area contributed by atoms with E-state index in [1.807, 2.05) is 18.2 Å². The van der Waals surface area contributed by atoms with Crippen LogP contribution in [0.15, 0.2) is 48.5 Å². The van der Waals surface area contributed by atoms with Gasteiger partial charge >= 0.3 is 6.36 Å². The predicted molar refractivity (Wildman–Crippen MR) is 112 cm³/mol. The van der Waals surface area contributed by atoms with Crippen molar-refractivity contribution >= 4 is 22.7 Å². The lowest BCUT2D eigenvalue weighted by atomic mass is 9.70. The minimum atomic E-state index is -4.70. The number of aromatic nitrogens is 2. The van der Waals surface area contributed by atoms with Crippen molar-refractivity contribution in [3.63, 3.8) is 0 Å². The fraction of sp³-hybridized carbons (Fsp3) is 0.435. The normalized spacial score (nSPS) is 21.5. The van der Waals surface area contributed by atoms with Crippen LogP contribution in [0.1, 0.15) is 46.1 Å². The first-order valence-corrected chi connectivity index (χ1v) is 10.2. The van der Waals surface area contributed by atoms with Crippen LogP contribution in [0.3, 0.4) is 0 Å². The van der Waals surface area contributed by atoms with Gasteiger partial charge in [-0.15, -0.1) is 13.2 Å². The smallest absolute Gasteiger partial charge is 0.406 e. The Morgan fingerprint density at radius 1 is 1.07 bits per heavy atom. The minimum Gasteiger partial charge on any atom is -0.406 e. The fourth-order valence-electron chi connectivity index (χ4n) is 4.86. The van der Waals surface area contributed by atoms with Crippen LogP contribution in [0.4, 0.5) is 24.8 Å². The van der Waals surface area contributed by atoms with Crippen LogP contribution in [0.2, 0.25) is 0 Å². The lowest BCUT2D eigenvalue weighted by molar-refractivity contribution is -0.274. The molecule has 1 aromatic heterocycles. The monoisotopic (exact) mass is 417 g/mol. The molecule has 0 saturated heterocycles. The number of benzene rings is 2. The summed E-state index contributed by atoms with van der Waals surface area (Å²) in [4.78, 5) is 4.78. The Balaban J connectivity index is 1.67. The first-order chi connectivity index (χ1) is 14.1. The number of halogens is 3. The molecule has 4 nitrogen and oxygen atoms in total. The summed E-state index contributed by atoms with van der Waals surface area (Å²) in [7, 11) is 0. The first kappa shape index (κ1) is 20.6. The van der Waals surface area contributed by atoms with Crippen molar-refractivity contribution in [3.05, 3.63) is 48.5 Å². The molecular formula is C23H26F3N3O. The fourth-order valence-corrected chi connectivity index (χ4v) is 4.86. The standard InChI is InChI=1S/C23H26F3N3O/c1-15-12-17(14-22(2,3)13-15)29-20-7-5-4-6-19(20)28-21(29)27-16-8-10-18(11-9-16)30-23(24,25)26/h4-11,15,17H,12-14H2,1-3H3,(H,27,28). The van der Waals surface area contributed by atoms with Gasteiger partial charge in [0, 0.05) is 11.7 Å². The van der Waals surface area contributed by atoms with E-state index in [-0.39, 0.29) is 11.2 Å².